The smallest absolute Gasteiger partial charge is 0.160 e. The van der Waals surface area contributed by atoms with Crippen molar-refractivity contribution in [1.82, 2.24) is 9.97 Å². The van der Waals surface area contributed by atoms with Gasteiger partial charge in [-0.1, -0.05) is 158 Å². The van der Waals surface area contributed by atoms with Gasteiger partial charge in [-0.3, -0.25) is 0 Å². The first-order valence-corrected chi connectivity index (χ1v) is 20.3. The molecule has 11 rings (SSSR count). The number of fused-ring (bicyclic) bond motifs is 6. The van der Waals surface area contributed by atoms with E-state index < -0.39 is 0 Å². The first-order valence-electron chi connectivity index (χ1n) is 19.5. The van der Waals surface area contributed by atoms with Crippen molar-refractivity contribution in [3.63, 3.8) is 0 Å². The van der Waals surface area contributed by atoms with Gasteiger partial charge in [-0.05, 0) is 99.5 Å². The van der Waals surface area contributed by atoms with Gasteiger partial charge in [0.05, 0.1) is 11.4 Å². The number of hydrogen-bond donors (Lipinski definition) is 0. The van der Waals surface area contributed by atoms with Crippen LogP contribution in [0.3, 0.4) is 0 Å². The Labute approximate surface area is 336 Å². The zero-order valence-electron chi connectivity index (χ0n) is 31.4. The second kappa shape index (κ2) is 13.4. The fourth-order valence-corrected chi connectivity index (χ4v) is 9.92. The highest BCUT2D eigenvalue weighted by Gasteiger charge is 2.40. The largest absolute Gasteiger partial charge is 0.228 e. The third kappa shape index (κ3) is 5.62. The van der Waals surface area contributed by atoms with Crippen LogP contribution in [0.25, 0.3) is 87.5 Å². The molecule has 0 spiro atoms. The normalized spacial score (nSPS) is 14.5. The second-order valence-corrected chi connectivity index (χ2v) is 16.2. The van der Waals surface area contributed by atoms with E-state index >= 15 is 0 Å². The van der Waals surface area contributed by atoms with E-state index in [-0.39, 0.29) is 5.41 Å². The molecule has 1 aliphatic rings. The van der Waals surface area contributed by atoms with Gasteiger partial charge in [0, 0.05) is 42.3 Å². The molecule has 0 radical (unpaired) electrons. The molecule has 0 amide bonds. The number of rotatable bonds is 6. The van der Waals surface area contributed by atoms with Crippen LogP contribution in [0.5, 0.6) is 0 Å². The zero-order chi connectivity index (χ0) is 37.9. The van der Waals surface area contributed by atoms with E-state index in [1.165, 1.54) is 64.7 Å². The molecule has 0 saturated heterocycles. The van der Waals surface area contributed by atoms with Crippen LogP contribution in [0.4, 0.5) is 0 Å². The molecular weight excluding hydrogens is 709 g/mol. The lowest BCUT2D eigenvalue weighted by molar-refractivity contribution is 0.714. The van der Waals surface area contributed by atoms with Gasteiger partial charge in [-0.15, -0.1) is 11.3 Å². The Bertz CT molecular complexity index is 3140. The summed E-state index contributed by atoms with van der Waals surface area (Å²) in [5.41, 5.74) is 15.8. The standard InChI is InChI=1S/C54H36N2S/c1-54(42-20-6-3-7-21-42)47-24-10-8-22-43(47)44-28-26-41(33-48(44)54)50-34-49(55-53(56-50)35-14-4-2-5-15-35)40-19-13-18-38(31-40)36-16-12-17-37(30-36)39-27-29-52-46(32-39)45-23-9-11-25-51(45)57-52/h2-34H,1H3. The first kappa shape index (κ1) is 33.4. The molecule has 0 aliphatic heterocycles. The molecule has 0 fully saturated rings. The first-order chi connectivity index (χ1) is 28.1. The van der Waals surface area contributed by atoms with Crippen LogP contribution in [-0.2, 0) is 5.41 Å². The number of hydrogen-bond acceptors (Lipinski definition) is 3. The minimum absolute atomic E-state index is 0.298. The molecule has 2 aromatic heterocycles. The maximum absolute atomic E-state index is 5.25. The molecule has 1 atom stereocenters. The minimum Gasteiger partial charge on any atom is -0.228 e. The molecule has 2 heterocycles. The van der Waals surface area contributed by atoms with Crippen LogP contribution >= 0.6 is 11.3 Å². The molecule has 10 aromatic rings. The fraction of sp³-hybridized carbons (Fsp3) is 0.0370. The number of thiophene rings is 1. The average Bonchev–Trinajstić information content (AvgIpc) is 3.79. The summed E-state index contributed by atoms with van der Waals surface area (Å²) in [6.07, 6.45) is 0. The molecule has 0 N–H and O–H groups in total. The number of nitrogens with zero attached hydrogens (tertiary/aromatic N) is 2. The van der Waals surface area contributed by atoms with Crippen molar-refractivity contribution in [2.45, 2.75) is 12.3 Å². The van der Waals surface area contributed by atoms with E-state index in [2.05, 4.69) is 201 Å². The van der Waals surface area contributed by atoms with Crippen LogP contribution in [0.2, 0.25) is 0 Å². The molecule has 1 aliphatic carbocycles. The van der Waals surface area contributed by atoms with Crippen molar-refractivity contribution < 1.29 is 0 Å². The Balaban J connectivity index is 1.01. The molecule has 1 unspecified atom stereocenters. The lowest BCUT2D eigenvalue weighted by Gasteiger charge is -2.28. The summed E-state index contributed by atoms with van der Waals surface area (Å²) in [5, 5.41) is 2.63. The van der Waals surface area contributed by atoms with E-state index in [9.17, 15) is 0 Å². The topological polar surface area (TPSA) is 25.8 Å². The van der Waals surface area contributed by atoms with Gasteiger partial charge >= 0.3 is 0 Å². The predicted molar refractivity (Wildman–Crippen MR) is 240 cm³/mol. The minimum atomic E-state index is -0.298. The molecular formula is C54H36N2S. The summed E-state index contributed by atoms with van der Waals surface area (Å²) in [6, 6.07) is 72.3. The van der Waals surface area contributed by atoms with Gasteiger partial charge in [0.1, 0.15) is 0 Å². The van der Waals surface area contributed by atoms with Crippen molar-refractivity contribution in [2.75, 3.05) is 0 Å². The van der Waals surface area contributed by atoms with Crippen molar-refractivity contribution in [3.05, 3.63) is 217 Å². The molecule has 57 heavy (non-hydrogen) atoms. The van der Waals surface area contributed by atoms with E-state index in [1.807, 2.05) is 17.4 Å². The molecule has 2 nitrogen and oxygen atoms in total. The van der Waals surface area contributed by atoms with Gasteiger partial charge in [0.2, 0.25) is 0 Å². The van der Waals surface area contributed by atoms with Gasteiger partial charge in [-0.25, -0.2) is 9.97 Å². The summed E-state index contributed by atoms with van der Waals surface area (Å²) in [7, 11) is 0. The SMILES string of the molecule is CC1(c2ccccc2)c2ccccc2-c2ccc(-c3cc(-c4cccc(-c5cccc(-c6ccc7sc8ccccc8c7c6)c5)c4)nc(-c4ccccc4)n3)cc21. The summed E-state index contributed by atoms with van der Waals surface area (Å²) in [6.45, 7) is 2.36. The third-order valence-electron chi connectivity index (χ3n) is 11.8. The average molecular weight is 745 g/mol. The van der Waals surface area contributed by atoms with Crippen LogP contribution in [0.1, 0.15) is 23.6 Å². The van der Waals surface area contributed by atoms with Gasteiger partial charge in [0.15, 0.2) is 5.82 Å². The van der Waals surface area contributed by atoms with E-state index in [4.69, 9.17) is 9.97 Å². The fourth-order valence-electron chi connectivity index (χ4n) is 8.84. The highest BCUT2D eigenvalue weighted by Crippen LogP contribution is 2.53. The molecule has 268 valence electrons. The van der Waals surface area contributed by atoms with E-state index in [0.717, 1.165) is 33.6 Å². The zero-order valence-corrected chi connectivity index (χ0v) is 32.2. The van der Waals surface area contributed by atoms with Crippen LogP contribution in [0, 0.1) is 0 Å². The molecule has 0 saturated carbocycles. The second-order valence-electron chi connectivity index (χ2n) is 15.1. The predicted octanol–water partition coefficient (Wildman–Crippen LogP) is 14.5. The maximum atomic E-state index is 5.25. The van der Waals surface area contributed by atoms with Crippen molar-refractivity contribution in [1.29, 1.82) is 0 Å². The monoisotopic (exact) mass is 744 g/mol. The highest BCUT2D eigenvalue weighted by atomic mass is 32.1. The summed E-state index contributed by atoms with van der Waals surface area (Å²) < 4.78 is 2.64. The van der Waals surface area contributed by atoms with Crippen molar-refractivity contribution in [2.24, 2.45) is 0 Å². The Morgan fingerprint density at radius 3 is 1.68 bits per heavy atom. The van der Waals surface area contributed by atoms with Crippen LogP contribution < -0.4 is 0 Å². The Morgan fingerprint density at radius 1 is 0.368 bits per heavy atom. The van der Waals surface area contributed by atoms with Crippen molar-refractivity contribution >= 4 is 31.5 Å². The Morgan fingerprint density at radius 2 is 0.912 bits per heavy atom. The number of benzene rings is 8. The van der Waals surface area contributed by atoms with Gasteiger partial charge < -0.3 is 0 Å². The molecule has 8 aromatic carbocycles. The van der Waals surface area contributed by atoms with E-state index in [0.29, 0.717) is 5.82 Å². The summed E-state index contributed by atoms with van der Waals surface area (Å²) in [5.74, 6) is 0.710. The van der Waals surface area contributed by atoms with Gasteiger partial charge in [0.25, 0.3) is 0 Å². The summed E-state index contributed by atoms with van der Waals surface area (Å²) in [4.78, 5) is 10.5. The lowest BCUT2D eigenvalue weighted by Crippen LogP contribution is -2.22. The lowest BCUT2D eigenvalue weighted by atomic mass is 9.74. The van der Waals surface area contributed by atoms with Crippen LogP contribution in [-0.4, -0.2) is 9.97 Å². The summed E-state index contributed by atoms with van der Waals surface area (Å²) >= 11 is 1.86. The van der Waals surface area contributed by atoms with E-state index in [1.54, 1.807) is 0 Å². The number of aromatic nitrogens is 2. The Kier molecular flexibility index (Phi) is 7.84. The Hall–Kier alpha value is -6.94. The van der Waals surface area contributed by atoms with Gasteiger partial charge in [-0.2, -0.15) is 0 Å². The highest BCUT2D eigenvalue weighted by molar-refractivity contribution is 7.25. The molecule has 0 bridgehead atoms. The van der Waals surface area contributed by atoms with Crippen molar-refractivity contribution in [3.8, 4) is 67.3 Å². The maximum Gasteiger partial charge on any atom is 0.160 e. The molecule has 3 heteroatoms. The van der Waals surface area contributed by atoms with Crippen LogP contribution in [0.15, 0.2) is 200 Å². The quantitative estimate of drug-likeness (QED) is 0.169. The third-order valence-corrected chi connectivity index (χ3v) is 12.9.